The van der Waals surface area contributed by atoms with Crippen LogP contribution in [0.2, 0.25) is 0 Å². The summed E-state index contributed by atoms with van der Waals surface area (Å²) in [6, 6.07) is 5.59. The van der Waals surface area contributed by atoms with E-state index in [9.17, 15) is 9.35 Å². The Bertz CT molecular complexity index is 496. The molecule has 0 aliphatic carbocycles. The predicted molar refractivity (Wildman–Crippen MR) is 67.9 cm³/mol. The maximum Gasteiger partial charge on any atom is 0.246 e. The highest BCUT2D eigenvalue weighted by atomic mass is 79.9. The van der Waals surface area contributed by atoms with Crippen molar-refractivity contribution in [2.75, 3.05) is 12.4 Å². The molecule has 2 heterocycles. The number of hydrogen-bond donors (Lipinski definition) is 2. The molecule has 4 nitrogen and oxygen atoms in total. The smallest absolute Gasteiger partial charge is 0.246 e. The summed E-state index contributed by atoms with van der Waals surface area (Å²) in [6.07, 6.45) is 0.578. The van der Waals surface area contributed by atoms with Gasteiger partial charge in [-0.05, 0) is 29.4 Å². The van der Waals surface area contributed by atoms with Crippen LogP contribution in [0.5, 0.6) is 0 Å². The number of fused-ring (bicyclic) bond motifs is 2. The van der Waals surface area contributed by atoms with Gasteiger partial charge in [0.1, 0.15) is 11.3 Å². The number of halogens is 1. The summed E-state index contributed by atoms with van der Waals surface area (Å²) < 4.78 is 12.9. The van der Waals surface area contributed by atoms with Gasteiger partial charge in [0, 0.05) is 16.5 Å². The number of carbonyl (C=O) groups is 1. The first-order valence-electron chi connectivity index (χ1n) is 5.35. The van der Waals surface area contributed by atoms with Gasteiger partial charge in [-0.3, -0.25) is 10.1 Å². The molecule has 2 unspecified atom stereocenters. The van der Waals surface area contributed by atoms with E-state index in [2.05, 4.69) is 26.6 Å². The lowest BCUT2D eigenvalue weighted by Crippen LogP contribution is -2.48. The molecule has 2 atom stereocenters. The average molecular weight is 315 g/mol. The van der Waals surface area contributed by atoms with Crippen molar-refractivity contribution in [3.05, 3.63) is 28.2 Å². The normalized spacial score (nSPS) is 31.4. The third kappa shape index (κ3) is 1.62. The third-order valence-electron chi connectivity index (χ3n) is 3.34. The van der Waals surface area contributed by atoms with Crippen LogP contribution < -0.4 is 10.6 Å². The Labute approximate surface area is 110 Å². The first kappa shape index (κ1) is 11.5. The first-order valence-corrected chi connectivity index (χ1v) is 7.46. The summed E-state index contributed by atoms with van der Waals surface area (Å²) in [7, 11) is 0. The molecule has 2 aliphatic rings. The Morgan fingerprint density at radius 1 is 1.47 bits per heavy atom. The summed E-state index contributed by atoms with van der Waals surface area (Å²) in [6.45, 7) is 0.470. The molecule has 2 aliphatic heterocycles. The maximum atomic E-state index is 12.0. The lowest BCUT2D eigenvalue weighted by molar-refractivity contribution is -0.124. The highest BCUT2D eigenvalue weighted by Gasteiger charge is 2.50. The molecule has 90 valence electrons. The standard InChI is InChI=1S/C11H11BrN2O2S/c12-7-1-2-9-8(5-7)11(3-4-17(9)16)10(15)13-6-14-11/h1-2,5,14H,3-4,6H2,(H,13,15). The lowest BCUT2D eigenvalue weighted by Gasteiger charge is -2.33. The zero-order valence-electron chi connectivity index (χ0n) is 8.96. The molecule has 2 N–H and O–H groups in total. The molecule has 1 spiro atoms. The van der Waals surface area contributed by atoms with E-state index in [1.54, 1.807) is 0 Å². The number of carbonyl (C=O) groups excluding carboxylic acids is 1. The van der Waals surface area contributed by atoms with Crippen molar-refractivity contribution in [3.8, 4) is 0 Å². The van der Waals surface area contributed by atoms with Gasteiger partial charge in [-0.1, -0.05) is 15.9 Å². The van der Waals surface area contributed by atoms with E-state index >= 15 is 0 Å². The van der Waals surface area contributed by atoms with Crippen LogP contribution in [0.1, 0.15) is 12.0 Å². The molecule has 1 amide bonds. The number of benzene rings is 1. The van der Waals surface area contributed by atoms with Crippen LogP contribution in [0.4, 0.5) is 0 Å². The molecule has 0 saturated carbocycles. The van der Waals surface area contributed by atoms with E-state index in [1.807, 2.05) is 18.2 Å². The zero-order chi connectivity index (χ0) is 12.0. The summed E-state index contributed by atoms with van der Waals surface area (Å²) in [5.74, 6) is 0.503. The van der Waals surface area contributed by atoms with Gasteiger partial charge in [-0.25, -0.2) is 0 Å². The van der Waals surface area contributed by atoms with E-state index in [0.717, 1.165) is 14.9 Å². The fourth-order valence-corrected chi connectivity index (χ4v) is 4.22. The van der Waals surface area contributed by atoms with Crippen LogP contribution in [-0.4, -0.2) is 22.9 Å². The van der Waals surface area contributed by atoms with E-state index < -0.39 is 16.7 Å². The molecular formula is C11H11BrN2O2S. The molecule has 0 aromatic heterocycles. The van der Waals surface area contributed by atoms with Crippen LogP contribution in [0, 0.1) is 0 Å². The average Bonchev–Trinajstić information content (AvgIpc) is 2.67. The van der Waals surface area contributed by atoms with Gasteiger partial charge in [0.2, 0.25) is 5.91 Å². The number of hydrogen-bond acceptors (Lipinski definition) is 3. The van der Waals surface area contributed by atoms with Crippen LogP contribution >= 0.6 is 15.9 Å². The topological polar surface area (TPSA) is 64.2 Å². The SMILES string of the molecule is O=C1NCNC12CC[S+]([O-])c1ccc(Br)cc12. The number of nitrogens with one attached hydrogen (secondary N) is 2. The van der Waals surface area contributed by atoms with E-state index in [4.69, 9.17) is 0 Å². The van der Waals surface area contributed by atoms with E-state index in [0.29, 0.717) is 18.8 Å². The molecule has 3 rings (SSSR count). The second kappa shape index (κ2) is 3.98. The van der Waals surface area contributed by atoms with Gasteiger partial charge in [0.25, 0.3) is 0 Å². The molecule has 1 saturated heterocycles. The van der Waals surface area contributed by atoms with Crippen LogP contribution in [0.3, 0.4) is 0 Å². The van der Waals surface area contributed by atoms with Crippen molar-refractivity contribution >= 4 is 33.0 Å². The second-order valence-corrected chi connectivity index (χ2v) is 6.66. The van der Waals surface area contributed by atoms with Crippen molar-refractivity contribution < 1.29 is 9.35 Å². The molecule has 0 bridgehead atoms. The molecule has 6 heteroatoms. The number of amides is 1. The Hall–Kier alpha value is -0.560. The predicted octanol–water partition coefficient (Wildman–Crippen LogP) is 0.833. The Balaban J connectivity index is 2.20. The highest BCUT2D eigenvalue weighted by Crippen LogP contribution is 2.39. The molecule has 1 fully saturated rings. The van der Waals surface area contributed by atoms with Crippen molar-refractivity contribution in [3.63, 3.8) is 0 Å². The summed E-state index contributed by atoms with van der Waals surface area (Å²) >= 11 is 2.40. The fourth-order valence-electron chi connectivity index (χ4n) is 2.45. The van der Waals surface area contributed by atoms with Gasteiger partial charge in [0.15, 0.2) is 4.90 Å². The summed E-state index contributed by atoms with van der Waals surface area (Å²) in [5, 5.41) is 6.00. The van der Waals surface area contributed by atoms with Crippen molar-refractivity contribution in [1.82, 2.24) is 10.6 Å². The summed E-state index contributed by atoms with van der Waals surface area (Å²) in [5.41, 5.74) is 0.152. The van der Waals surface area contributed by atoms with Crippen LogP contribution in [-0.2, 0) is 21.5 Å². The van der Waals surface area contributed by atoms with Gasteiger partial charge < -0.3 is 9.87 Å². The van der Waals surface area contributed by atoms with E-state index in [-0.39, 0.29) is 5.91 Å². The molecule has 17 heavy (non-hydrogen) atoms. The fraction of sp³-hybridized carbons (Fsp3) is 0.364. The second-order valence-electron chi connectivity index (χ2n) is 4.20. The van der Waals surface area contributed by atoms with Crippen LogP contribution in [0.25, 0.3) is 0 Å². The third-order valence-corrected chi connectivity index (χ3v) is 5.25. The van der Waals surface area contributed by atoms with E-state index in [1.165, 1.54) is 0 Å². The summed E-state index contributed by atoms with van der Waals surface area (Å²) in [4.78, 5) is 12.8. The monoisotopic (exact) mass is 314 g/mol. The van der Waals surface area contributed by atoms with Gasteiger partial charge in [0.05, 0.1) is 6.67 Å². The largest absolute Gasteiger partial charge is 0.611 e. The minimum absolute atomic E-state index is 0.0199. The lowest BCUT2D eigenvalue weighted by atomic mass is 9.87. The van der Waals surface area contributed by atoms with Crippen molar-refractivity contribution in [1.29, 1.82) is 0 Å². The van der Waals surface area contributed by atoms with Gasteiger partial charge in [-0.15, -0.1) is 0 Å². The molecule has 0 radical (unpaired) electrons. The minimum Gasteiger partial charge on any atom is -0.611 e. The van der Waals surface area contributed by atoms with Crippen LogP contribution in [0.15, 0.2) is 27.6 Å². The van der Waals surface area contributed by atoms with Gasteiger partial charge in [-0.2, -0.15) is 0 Å². The zero-order valence-corrected chi connectivity index (χ0v) is 11.4. The minimum atomic E-state index is -1.00. The molecule has 1 aromatic carbocycles. The highest BCUT2D eigenvalue weighted by molar-refractivity contribution is 9.10. The van der Waals surface area contributed by atoms with Crippen molar-refractivity contribution in [2.45, 2.75) is 16.9 Å². The molecular weight excluding hydrogens is 304 g/mol. The maximum absolute atomic E-state index is 12.0. The van der Waals surface area contributed by atoms with Gasteiger partial charge >= 0.3 is 0 Å². The Morgan fingerprint density at radius 3 is 3.00 bits per heavy atom. The molecule has 1 aromatic rings. The Morgan fingerprint density at radius 2 is 2.29 bits per heavy atom. The van der Waals surface area contributed by atoms with Crippen molar-refractivity contribution in [2.24, 2.45) is 0 Å². The Kier molecular flexibility index (Phi) is 2.70. The number of rotatable bonds is 0. The first-order chi connectivity index (χ1) is 8.13. The quantitative estimate of drug-likeness (QED) is 0.697.